The summed E-state index contributed by atoms with van der Waals surface area (Å²) in [5.41, 5.74) is 1.32. The average molecular weight is 453 g/mol. The van der Waals surface area contributed by atoms with Gasteiger partial charge in [0.25, 0.3) is 0 Å². The molecule has 33 heavy (non-hydrogen) atoms. The number of fused-ring (bicyclic) bond motifs is 4. The molecular weight excluding hydrogens is 424 g/mol. The van der Waals surface area contributed by atoms with E-state index in [1.807, 2.05) is 6.08 Å². The number of imide groups is 2. The van der Waals surface area contributed by atoms with Crippen LogP contribution < -0.4 is 4.74 Å². The van der Waals surface area contributed by atoms with Crippen molar-refractivity contribution in [2.45, 2.75) is 32.6 Å². The van der Waals surface area contributed by atoms with Crippen molar-refractivity contribution >= 4 is 23.6 Å². The standard InChI is InChI=1S/C25H28N2O6/c1-4-26-22(29)13-10-9-12-14(18(13)24(26)31)11-15-20(25(32)27(5-2)23(15)30)19(12)21-16(28)7-6-8-17(21)33-3/h6-9,13-15,18-20,28H,4-5,10-11H2,1-3H3. The number of nitrogens with zero attached hydrogens (tertiary/aromatic N) is 2. The van der Waals surface area contributed by atoms with Crippen molar-refractivity contribution in [1.82, 2.24) is 9.80 Å². The molecule has 0 radical (unpaired) electrons. The number of amides is 4. The first-order chi connectivity index (χ1) is 15.8. The van der Waals surface area contributed by atoms with Gasteiger partial charge in [-0.05, 0) is 44.7 Å². The predicted molar refractivity (Wildman–Crippen MR) is 117 cm³/mol. The number of aromatic hydroxyl groups is 1. The minimum Gasteiger partial charge on any atom is -0.508 e. The first kappa shape index (κ1) is 21.7. The van der Waals surface area contributed by atoms with Crippen LogP contribution >= 0.6 is 0 Å². The number of allylic oxidation sites excluding steroid dienone is 2. The molecule has 1 aromatic carbocycles. The Labute approximate surface area is 192 Å². The van der Waals surface area contributed by atoms with Gasteiger partial charge >= 0.3 is 0 Å². The largest absolute Gasteiger partial charge is 0.508 e. The molecule has 174 valence electrons. The highest BCUT2D eigenvalue weighted by molar-refractivity contribution is 6.08. The number of phenols is 1. The molecule has 2 saturated heterocycles. The lowest BCUT2D eigenvalue weighted by Crippen LogP contribution is -2.43. The molecule has 2 aliphatic heterocycles. The summed E-state index contributed by atoms with van der Waals surface area (Å²) in [4.78, 5) is 55.4. The van der Waals surface area contributed by atoms with Crippen LogP contribution in [0.1, 0.15) is 38.2 Å². The van der Waals surface area contributed by atoms with E-state index in [1.165, 1.54) is 16.9 Å². The number of benzene rings is 1. The summed E-state index contributed by atoms with van der Waals surface area (Å²) in [5.74, 6) is -3.65. The zero-order chi connectivity index (χ0) is 23.6. The molecule has 0 aromatic heterocycles. The molecule has 1 saturated carbocycles. The van der Waals surface area contributed by atoms with Gasteiger partial charge in [-0.25, -0.2) is 0 Å². The molecule has 0 bridgehead atoms. The van der Waals surface area contributed by atoms with Crippen molar-refractivity contribution in [2.75, 3.05) is 20.2 Å². The van der Waals surface area contributed by atoms with E-state index in [0.717, 1.165) is 5.57 Å². The summed E-state index contributed by atoms with van der Waals surface area (Å²) >= 11 is 0. The van der Waals surface area contributed by atoms with E-state index in [0.29, 0.717) is 30.7 Å². The summed E-state index contributed by atoms with van der Waals surface area (Å²) in [6.45, 7) is 4.14. The summed E-state index contributed by atoms with van der Waals surface area (Å²) in [7, 11) is 1.50. The Hall–Kier alpha value is -3.16. The third-order valence-electron chi connectivity index (χ3n) is 8.04. The Morgan fingerprint density at radius 2 is 1.55 bits per heavy atom. The molecule has 6 atom stereocenters. The maximum atomic E-state index is 13.4. The van der Waals surface area contributed by atoms with Gasteiger partial charge in [-0.1, -0.05) is 17.7 Å². The van der Waals surface area contributed by atoms with Crippen molar-refractivity contribution in [2.24, 2.45) is 29.6 Å². The van der Waals surface area contributed by atoms with Crippen molar-refractivity contribution in [3.8, 4) is 11.5 Å². The number of methoxy groups -OCH3 is 1. The van der Waals surface area contributed by atoms with Crippen LogP contribution in [-0.4, -0.2) is 58.7 Å². The summed E-state index contributed by atoms with van der Waals surface area (Å²) < 4.78 is 5.56. The lowest BCUT2D eigenvalue weighted by atomic mass is 9.57. The molecule has 2 aliphatic carbocycles. The summed E-state index contributed by atoms with van der Waals surface area (Å²) in [5, 5.41) is 10.9. The monoisotopic (exact) mass is 452 g/mol. The lowest BCUT2D eigenvalue weighted by molar-refractivity contribution is -0.141. The second-order valence-electron chi connectivity index (χ2n) is 9.26. The van der Waals surface area contributed by atoms with Gasteiger partial charge in [0.1, 0.15) is 11.5 Å². The molecular formula is C25H28N2O6. The van der Waals surface area contributed by atoms with Crippen LogP contribution in [-0.2, 0) is 19.2 Å². The first-order valence-electron chi connectivity index (χ1n) is 11.6. The van der Waals surface area contributed by atoms with E-state index in [4.69, 9.17) is 4.74 Å². The second-order valence-corrected chi connectivity index (χ2v) is 9.26. The van der Waals surface area contributed by atoms with Crippen molar-refractivity contribution in [3.05, 3.63) is 35.4 Å². The van der Waals surface area contributed by atoms with Gasteiger partial charge in [0.2, 0.25) is 23.6 Å². The molecule has 1 aromatic rings. The fourth-order valence-corrected chi connectivity index (χ4v) is 6.69. The lowest BCUT2D eigenvalue weighted by Gasteiger charge is -2.44. The van der Waals surface area contributed by atoms with Crippen LogP contribution in [0.4, 0.5) is 0 Å². The minimum atomic E-state index is -0.673. The Morgan fingerprint density at radius 1 is 0.909 bits per heavy atom. The molecule has 8 nitrogen and oxygen atoms in total. The minimum absolute atomic E-state index is 0.0130. The highest BCUT2D eigenvalue weighted by atomic mass is 16.5. The average Bonchev–Trinajstić information content (AvgIpc) is 3.21. The smallest absolute Gasteiger partial charge is 0.234 e. The van der Waals surface area contributed by atoms with Gasteiger partial charge < -0.3 is 9.84 Å². The van der Waals surface area contributed by atoms with Gasteiger partial charge in [-0.2, -0.15) is 0 Å². The zero-order valence-corrected chi connectivity index (χ0v) is 19.0. The number of carbonyl (C=O) groups excluding carboxylic acids is 4. The van der Waals surface area contributed by atoms with E-state index in [-0.39, 0.29) is 41.8 Å². The fraction of sp³-hybridized carbons (Fsp3) is 0.520. The van der Waals surface area contributed by atoms with E-state index in [1.54, 1.807) is 32.0 Å². The molecule has 4 amide bonds. The number of carbonyl (C=O) groups is 4. The number of likely N-dealkylation sites (tertiary alicyclic amines) is 2. The van der Waals surface area contributed by atoms with Gasteiger partial charge in [-0.3, -0.25) is 29.0 Å². The van der Waals surface area contributed by atoms with E-state index in [2.05, 4.69) is 0 Å². The summed E-state index contributed by atoms with van der Waals surface area (Å²) in [6, 6.07) is 4.94. The van der Waals surface area contributed by atoms with Crippen LogP contribution in [0.3, 0.4) is 0 Å². The fourth-order valence-electron chi connectivity index (χ4n) is 6.69. The Morgan fingerprint density at radius 3 is 2.18 bits per heavy atom. The zero-order valence-electron chi connectivity index (χ0n) is 19.0. The molecule has 6 unspecified atom stereocenters. The number of hydrogen-bond acceptors (Lipinski definition) is 6. The van der Waals surface area contributed by atoms with Crippen molar-refractivity contribution < 1.29 is 29.0 Å². The van der Waals surface area contributed by atoms with Crippen molar-refractivity contribution in [3.63, 3.8) is 0 Å². The Balaban J connectivity index is 1.70. The van der Waals surface area contributed by atoms with Gasteiger partial charge in [0.15, 0.2) is 0 Å². The van der Waals surface area contributed by atoms with Gasteiger partial charge in [-0.15, -0.1) is 0 Å². The number of hydrogen-bond donors (Lipinski definition) is 1. The van der Waals surface area contributed by atoms with Gasteiger partial charge in [0.05, 0.1) is 30.8 Å². The SMILES string of the molecule is CCN1C(=O)C2CC=C3C(CC4C(=O)N(CC)C(=O)C4C3c3c(O)cccc3OC)C2C1=O. The normalized spacial score (nSPS) is 33.1. The first-order valence-corrected chi connectivity index (χ1v) is 11.6. The number of phenolic OH excluding ortho intramolecular Hbond substituents is 1. The molecule has 0 spiro atoms. The van der Waals surface area contributed by atoms with Crippen LogP contribution in [0.2, 0.25) is 0 Å². The highest BCUT2D eigenvalue weighted by Gasteiger charge is 2.62. The van der Waals surface area contributed by atoms with E-state index < -0.39 is 29.6 Å². The molecule has 8 heteroatoms. The molecule has 1 N–H and O–H groups in total. The molecule has 5 rings (SSSR count). The number of rotatable bonds is 4. The van der Waals surface area contributed by atoms with Crippen LogP contribution in [0.5, 0.6) is 11.5 Å². The third kappa shape index (κ3) is 2.82. The van der Waals surface area contributed by atoms with E-state index >= 15 is 0 Å². The highest BCUT2D eigenvalue weighted by Crippen LogP contribution is 2.59. The summed E-state index contributed by atoms with van der Waals surface area (Å²) in [6.07, 6.45) is 2.72. The maximum Gasteiger partial charge on any atom is 0.234 e. The van der Waals surface area contributed by atoms with Crippen LogP contribution in [0, 0.1) is 29.6 Å². The van der Waals surface area contributed by atoms with Crippen LogP contribution in [0.15, 0.2) is 29.8 Å². The topological polar surface area (TPSA) is 104 Å². The Kier molecular flexibility index (Phi) is 5.06. The van der Waals surface area contributed by atoms with E-state index in [9.17, 15) is 24.3 Å². The third-order valence-corrected chi connectivity index (χ3v) is 8.04. The molecule has 3 fully saturated rings. The van der Waals surface area contributed by atoms with Crippen molar-refractivity contribution in [1.29, 1.82) is 0 Å². The molecule has 2 heterocycles. The van der Waals surface area contributed by atoms with Gasteiger partial charge in [0, 0.05) is 24.6 Å². The maximum absolute atomic E-state index is 13.4. The molecule has 4 aliphatic rings. The Bertz CT molecular complexity index is 1090. The quantitative estimate of drug-likeness (QED) is 0.554. The second kappa shape index (κ2) is 7.71. The number of ether oxygens (including phenoxy) is 1. The predicted octanol–water partition coefficient (Wildman–Crippen LogP) is 2.08. The van der Waals surface area contributed by atoms with Crippen LogP contribution in [0.25, 0.3) is 0 Å².